The number of aryl methyl sites for hydroxylation is 1. The van der Waals surface area contributed by atoms with E-state index in [1.807, 2.05) is 30.5 Å². The topological polar surface area (TPSA) is 25.2 Å². The van der Waals surface area contributed by atoms with Crippen LogP contribution >= 0.6 is 0 Å². The van der Waals surface area contributed by atoms with Crippen LogP contribution in [-0.4, -0.2) is 11.2 Å². The van der Waals surface area contributed by atoms with Crippen molar-refractivity contribution in [3.63, 3.8) is 0 Å². The van der Waals surface area contributed by atoms with Crippen LogP contribution in [0.1, 0.15) is 18.4 Å². The number of aliphatic imine (C=N–C) groups is 1. The summed E-state index contributed by atoms with van der Waals surface area (Å²) in [6.45, 7) is 0. The first-order valence-electron chi connectivity index (χ1n) is 8.17. The molecule has 0 amide bonds. The van der Waals surface area contributed by atoms with Crippen LogP contribution in [0.2, 0.25) is 0 Å². The molecule has 0 radical (unpaired) electrons. The monoisotopic (exact) mass is 316 g/mol. The fourth-order valence-electron chi connectivity index (χ4n) is 3.14. The summed E-state index contributed by atoms with van der Waals surface area (Å²) in [5.41, 5.74) is 6.61. The molecule has 2 nitrogen and oxygen atoms in total. The molecule has 0 N–H and O–H groups in total. The van der Waals surface area contributed by atoms with E-state index in [4.69, 9.17) is 4.99 Å². The van der Waals surface area contributed by atoms with E-state index in [0.717, 1.165) is 47.2 Å². The second kappa shape index (κ2) is 6.36. The summed E-state index contributed by atoms with van der Waals surface area (Å²) in [6.07, 6.45) is 8.70. The van der Waals surface area contributed by atoms with E-state index in [1.165, 1.54) is 17.7 Å². The van der Waals surface area contributed by atoms with Crippen LogP contribution in [0.15, 0.2) is 65.9 Å². The molecule has 2 heterocycles. The van der Waals surface area contributed by atoms with Gasteiger partial charge in [-0.2, -0.15) is 0 Å². The van der Waals surface area contributed by atoms with E-state index in [9.17, 15) is 4.39 Å². The van der Waals surface area contributed by atoms with Crippen LogP contribution in [0.5, 0.6) is 0 Å². The Morgan fingerprint density at radius 2 is 1.62 bits per heavy atom. The zero-order chi connectivity index (χ0) is 16.4. The predicted molar refractivity (Wildman–Crippen MR) is 96.2 cm³/mol. The maximum absolute atomic E-state index is 13.2. The Morgan fingerprint density at radius 3 is 2.42 bits per heavy atom. The third kappa shape index (κ3) is 2.85. The number of aromatic nitrogens is 1. The van der Waals surface area contributed by atoms with Crippen molar-refractivity contribution >= 4 is 11.9 Å². The first kappa shape index (κ1) is 14.8. The highest BCUT2D eigenvalue weighted by molar-refractivity contribution is 5.86. The molecule has 24 heavy (non-hydrogen) atoms. The van der Waals surface area contributed by atoms with E-state index in [1.54, 1.807) is 12.4 Å². The summed E-state index contributed by atoms with van der Waals surface area (Å²) in [5, 5.41) is 0. The molecule has 0 atom stereocenters. The molecule has 1 aliphatic rings. The van der Waals surface area contributed by atoms with Crippen LogP contribution < -0.4 is 0 Å². The van der Waals surface area contributed by atoms with E-state index in [2.05, 4.69) is 17.1 Å². The second-order valence-corrected chi connectivity index (χ2v) is 5.98. The fourth-order valence-corrected chi connectivity index (χ4v) is 3.14. The van der Waals surface area contributed by atoms with Crippen LogP contribution in [0, 0.1) is 5.82 Å². The van der Waals surface area contributed by atoms with Gasteiger partial charge in [0, 0.05) is 24.2 Å². The first-order valence-corrected chi connectivity index (χ1v) is 8.17. The fraction of sp³-hybridized carbons (Fsp3) is 0.143. The Hall–Kier alpha value is -2.81. The van der Waals surface area contributed by atoms with E-state index in [0.29, 0.717) is 0 Å². The SMILES string of the molecule is Fc1ccc(-c2cc3c(c(-c4ccncc4)c2)N=CCCC3)cc1. The van der Waals surface area contributed by atoms with Gasteiger partial charge in [0.25, 0.3) is 0 Å². The summed E-state index contributed by atoms with van der Waals surface area (Å²) in [4.78, 5) is 8.82. The van der Waals surface area contributed by atoms with Crippen LogP contribution in [0.4, 0.5) is 10.1 Å². The first-order chi connectivity index (χ1) is 11.8. The summed E-state index contributed by atoms with van der Waals surface area (Å²) in [7, 11) is 0. The normalized spacial score (nSPS) is 13.4. The molecule has 4 rings (SSSR count). The van der Waals surface area contributed by atoms with Crippen molar-refractivity contribution < 1.29 is 4.39 Å². The molecule has 0 unspecified atom stereocenters. The highest BCUT2D eigenvalue weighted by Crippen LogP contribution is 2.39. The molecule has 0 fully saturated rings. The Kier molecular flexibility index (Phi) is 3.91. The number of hydrogen-bond acceptors (Lipinski definition) is 2. The molecule has 1 aliphatic heterocycles. The molecule has 118 valence electrons. The molecule has 3 heteroatoms. The van der Waals surface area contributed by atoms with Crippen LogP contribution in [-0.2, 0) is 6.42 Å². The maximum Gasteiger partial charge on any atom is 0.123 e. The van der Waals surface area contributed by atoms with E-state index >= 15 is 0 Å². The van der Waals surface area contributed by atoms with Gasteiger partial charge < -0.3 is 0 Å². The van der Waals surface area contributed by atoms with E-state index < -0.39 is 0 Å². The Balaban J connectivity index is 1.93. The lowest BCUT2D eigenvalue weighted by molar-refractivity contribution is 0.628. The molecule has 0 saturated heterocycles. The number of halogens is 1. The number of nitrogens with zero attached hydrogens (tertiary/aromatic N) is 2. The van der Waals surface area contributed by atoms with Crippen molar-refractivity contribution in [1.29, 1.82) is 0 Å². The third-order valence-corrected chi connectivity index (χ3v) is 4.36. The summed E-state index contributed by atoms with van der Waals surface area (Å²) >= 11 is 0. The average Bonchev–Trinajstić information content (AvgIpc) is 2.87. The maximum atomic E-state index is 13.2. The minimum Gasteiger partial charge on any atom is -0.265 e. The zero-order valence-electron chi connectivity index (χ0n) is 13.2. The Labute approximate surface area is 140 Å². The summed E-state index contributed by atoms with van der Waals surface area (Å²) in [6, 6.07) is 15.0. The second-order valence-electron chi connectivity index (χ2n) is 5.98. The molecular weight excluding hydrogens is 299 g/mol. The highest BCUT2D eigenvalue weighted by Gasteiger charge is 2.14. The van der Waals surface area contributed by atoms with Crippen LogP contribution in [0.3, 0.4) is 0 Å². The van der Waals surface area contributed by atoms with Crippen molar-refractivity contribution in [2.24, 2.45) is 4.99 Å². The standard InChI is InChI=1S/C21H17FN2/c22-19-6-4-15(5-7-19)18-13-17-3-1-2-10-24-21(17)20(14-18)16-8-11-23-12-9-16/h4-14H,1-3H2. The van der Waals surface area contributed by atoms with Gasteiger partial charge in [-0.1, -0.05) is 12.1 Å². The molecule has 0 aliphatic carbocycles. The molecule has 0 spiro atoms. The van der Waals surface area contributed by atoms with Crippen molar-refractivity contribution in [3.05, 3.63) is 72.3 Å². The van der Waals surface area contributed by atoms with Gasteiger partial charge in [0.15, 0.2) is 0 Å². The molecule has 1 aromatic heterocycles. The van der Waals surface area contributed by atoms with Gasteiger partial charge in [0.05, 0.1) is 5.69 Å². The largest absolute Gasteiger partial charge is 0.265 e. The zero-order valence-corrected chi connectivity index (χ0v) is 13.2. The highest BCUT2D eigenvalue weighted by atomic mass is 19.1. The number of benzene rings is 2. The lowest BCUT2D eigenvalue weighted by Crippen LogP contribution is -1.91. The quantitative estimate of drug-likeness (QED) is 0.604. The van der Waals surface area contributed by atoms with Crippen molar-refractivity contribution in [1.82, 2.24) is 4.98 Å². The smallest absolute Gasteiger partial charge is 0.123 e. The third-order valence-electron chi connectivity index (χ3n) is 4.36. The number of hydrogen-bond donors (Lipinski definition) is 0. The Morgan fingerprint density at radius 1 is 0.833 bits per heavy atom. The molecule has 2 aromatic carbocycles. The molecule has 0 bridgehead atoms. The lowest BCUT2D eigenvalue weighted by atomic mass is 9.93. The molecule has 0 saturated carbocycles. The van der Waals surface area contributed by atoms with Crippen molar-refractivity contribution in [3.8, 4) is 22.3 Å². The number of rotatable bonds is 2. The van der Waals surface area contributed by atoms with Gasteiger partial charge >= 0.3 is 0 Å². The minimum absolute atomic E-state index is 0.215. The summed E-state index contributed by atoms with van der Waals surface area (Å²) < 4.78 is 13.2. The van der Waals surface area contributed by atoms with Gasteiger partial charge in [-0.15, -0.1) is 0 Å². The van der Waals surface area contributed by atoms with Gasteiger partial charge in [0.1, 0.15) is 5.82 Å². The van der Waals surface area contributed by atoms with Gasteiger partial charge in [-0.25, -0.2) is 4.39 Å². The number of pyridine rings is 1. The van der Waals surface area contributed by atoms with E-state index in [-0.39, 0.29) is 5.82 Å². The average molecular weight is 316 g/mol. The van der Waals surface area contributed by atoms with Gasteiger partial charge in [0.2, 0.25) is 0 Å². The minimum atomic E-state index is -0.215. The molecule has 3 aromatic rings. The number of fused-ring (bicyclic) bond motifs is 1. The predicted octanol–water partition coefficient (Wildman–Crippen LogP) is 5.59. The molecular formula is C21H17FN2. The van der Waals surface area contributed by atoms with Crippen LogP contribution in [0.25, 0.3) is 22.3 Å². The van der Waals surface area contributed by atoms with Gasteiger partial charge in [-0.05, 0) is 77.9 Å². The van der Waals surface area contributed by atoms with Crippen molar-refractivity contribution in [2.75, 3.05) is 0 Å². The summed E-state index contributed by atoms with van der Waals surface area (Å²) in [5.74, 6) is -0.215. The Bertz CT molecular complexity index is 884. The van der Waals surface area contributed by atoms with Gasteiger partial charge in [-0.3, -0.25) is 9.98 Å². The van der Waals surface area contributed by atoms with Crippen molar-refractivity contribution in [2.45, 2.75) is 19.3 Å². The lowest BCUT2D eigenvalue weighted by Gasteiger charge is -2.14.